The van der Waals surface area contributed by atoms with Crippen LogP contribution in [0, 0.1) is 11.8 Å². The van der Waals surface area contributed by atoms with Crippen LogP contribution in [0.3, 0.4) is 0 Å². The van der Waals surface area contributed by atoms with Crippen LogP contribution in [-0.4, -0.2) is 23.3 Å². The highest BCUT2D eigenvalue weighted by Crippen LogP contribution is 2.42. The van der Waals surface area contributed by atoms with Gasteiger partial charge in [0, 0.05) is 6.42 Å². The molecule has 0 aromatic heterocycles. The van der Waals surface area contributed by atoms with Crippen LogP contribution in [0.2, 0.25) is 0 Å². The Balaban J connectivity index is 2.00. The number of carboxylic acids is 1. The molecule has 0 radical (unpaired) electrons. The Labute approximate surface area is 84.4 Å². The zero-order valence-corrected chi connectivity index (χ0v) is 8.61. The highest BCUT2D eigenvalue weighted by molar-refractivity contribution is 5.67. The van der Waals surface area contributed by atoms with E-state index >= 15 is 0 Å². The zero-order valence-electron chi connectivity index (χ0n) is 8.61. The fraction of sp³-hybridized carbons (Fsp3) is 0.909. The molecule has 1 saturated heterocycles. The molecule has 1 aliphatic heterocycles. The van der Waals surface area contributed by atoms with E-state index in [1.165, 1.54) is 0 Å². The summed E-state index contributed by atoms with van der Waals surface area (Å²) < 4.78 is 5.78. The first-order chi connectivity index (χ1) is 6.66. The zero-order chi connectivity index (χ0) is 10.1. The molecule has 1 heterocycles. The maximum atomic E-state index is 10.7. The third kappa shape index (κ3) is 1.92. The topological polar surface area (TPSA) is 46.5 Å². The van der Waals surface area contributed by atoms with Crippen molar-refractivity contribution in [1.29, 1.82) is 0 Å². The second-order valence-corrected chi connectivity index (χ2v) is 4.67. The number of ether oxygens (including phenoxy) is 1. The van der Waals surface area contributed by atoms with Crippen LogP contribution in [0.5, 0.6) is 0 Å². The van der Waals surface area contributed by atoms with Gasteiger partial charge >= 0.3 is 5.97 Å². The normalized spacial score (nSPS) is 42.1. The maximum Gasteiger partial charge on any atom is 0.303 e. The minimum absolute atomic E-state index is 0.331. The minimum atomic E-state index is -0.657. The van der Waals surface area contributed by atoms with Gasteiger partial charge in [-0.05, 0) is 38.0 Å². The van der Waals surface area contributed by atoms with Crippen molar-refractivity contribution in [3.63, 3.8) is 0 Å². The molecule has 0 bridgehead atoms. The Morgan fingerprint density at radius 2 is 2.29 bits per heavy atom. The molecule has 3 heteroatoms. The number of hydrogen-bond acceptors (Lipinski definition) is 2. The summed E-state index contributed by atoms with van der Waals surface area (Å²) in [6, 6.07) is 0. The predicted octanol–water partition coefficient (Wildman–Crippen LogP) is 2.05. The summed E-state index contributed by atoms with van der Waals surface area (Å²) in [6.07, 6.45) is 5.41. The van der Waals surface area contributed by atoms with Crippen LogP contribution in [0.1, 0.15) is 39.0 Å². The van der Waals surface area contributed by atoms with E-state index < -0.39 is 5.97 Å². The van der Waals surface area contributed by atoms with Crippen molar-refractivity contribution in [2.24, 2.45) is 11.8 Å². The van der Waals surface area contributed by atoms with E-state index in [9.17, 15) is 4.79 Å². The van der Waals surface area contributed by atoms with Crippen LogP contribution in [0.25, 0.3) is 0 Å². The van der Waals surface area contributed by atoms with Gasteiger partial charge < -0.3 is 9.84 Å². The smallest absolute Gasteiger partial charge is 0.303 e. The number of fused-ring (bicyclic) bond motifs is 1. The summed E-state index contributed by atoms with van der Waals surface area (Å²) in [6.45, 7) is 2.09. The van der Waals surface area contributed by atoms with Gasteiger partial charge in [-0.2, -0.15) is 0 Å². The highest BCUT2D eigenvalue weighted by Gasteiger charge is 2.40. The molecular formula is C11H18O3. The summed E-state index contributed by atoms with van der Waals surface area (Å²) >= 11 is 0. The highest BCUT2D eigenvalue weighted by atomic mass is 16.5. The standard InChI is InChI=1S/C11H18O3/c1-7-5-9-8(6-11(12)13)3-2-4-10(9)14-7/h7-10H,2-6H2,1H3,(H,12,13)/t7-,8+,9-,10+/m0/s1. The van der Waals surface area contributed by atoms with E-state index in [-0.39, 0.29) is 0 Å². The van der Waals surface area contributed by atoms with Gasteiger partial charge in [-0.25, -0.2) is 0 Å². The van der Waals surface area contributed by atoms with Crippen molar-refractivity contribution < 1.29 is 14.6 Å². The second-order valence-electron chi connectivity index (χ2n) is 4.67. The van der Waals surface area contributed by atoms with E-state index in [1.807, 2.05) is 0 Å². The number of aliphatic carboxylic acids is 1. The molecule has 0 unspecified atom stereocenters. The van der Waals surface area contributed by atoms with Gasteiger partial charge in [0.15, 0.2) is 0 Å². The molecule has 3 nitrogen and oxygen atoms in total. The van der Waals surface area contributed by atoms with Crippen molar-refractivity contribution >= 4 is 5.97 Å². The van der Waals surface area contributed by atoms with Gasteiger partial charge in [0.2, 0.25) is 0 Å². The van der Waals surface area contributed by atoms with Gasteiger partial charge in [0.1, 0.15) is 0 Å². The Morgan fingerprint density at radius 3 is 3.00 bits per heavy atom. The Bertz CT molecular complexity index is 227. The monoisotopic (exact) mass is 198 g/mol. The van der Waals surface area contributed by atoms with Crippen molar-refractivity contribution in [2.75, 3.05) is 0 Å². The van der Waals surface area contributed by atoms with Crippen LogP contribution in [0.4, 0.5) is 0 Å². The van der Waals surface area contributed by atoms with E-state index in [4.69, 9.17) is 9.84 Å². The first-order valence-corrected chi connectivity index (χ1v) is 5.54. The largest absolute Gasteiger partial charge is 0.481 e. The molecule has 0 spiro atoms. The lowest BCUT2D eigenvalue weighted by Gasteiger charge is -2.31. The third-order valence-electron chi connectivity index (χ3n) is 3.59. The third-order valence-corrected chi connectivity index (χ3v) is 3.59. The number of rotatable bonds is 2. The first-order valence-electron chi connectivity index (χ1n) is 5.54. The average Bonchev–Trinajstić information content (AvgIpc) is 2.45. The van der Waals surface area contributed by atoms with Gasteiger partial charge in [-0.1, -0.05) is 6.42 Å². The van der Waals surface area contributed by atoms with Crippen molar-refractivity contribution in [1.82, 2.24) is 0 Å². The number of hydrogen-bond donors (Lipinski definition) is 1. The SMILES string of the molecule is C[C@H]1C[C@H]2[C@@H](CC(=O)O)CCC[C@H]2O1. The van der Waals surface area contributed by atoms with E-state index in [0.717, 1.165) is 25.7 Å². The Hall–Kier alpha value is -0.570. The number of carboxylic acid groups (broad SMARTS) is 1. The van der Waals surface area contributed by atoms with Crippen molar-refractivity contribution in [2.45, 2.75) is 51.2 Å². The molecule has 1 aliphatic carbocycles. The summed E-state index contributed by atoms with van der Waals surface area (Å²) in [5.41, 5.74) is 0. The summed E-state index contributed by atoms with van der Waals surface area (Å²) in [5, 5.41) is 8.81. The van der Waals surface area contributed by atoms with E-state index in [2.05, 4.69) is 6.92 Å². The fourth-order valence-electron chi connectivity index (χ4n) is 3.04. The van der Waals surface area contributed by atoms with Crippen LogP contribution < -0.4 is 0 Å². The molecule has 0 aromatic carbocycles. The first kappa shape index (κ1) is 9.97. The summed E-state index contributed by atoms with van der Waals surface area (Å²) in [4.78, 5) is 10.7. The second kappa shape index (κ2) is 3.89. The quantitative estimate of drug-likeness (QED) is 0.738. The lowest BCUT2D eigenvalue weighted by atomic mass is 9.75. The molecule has 4 atom stereocenters. The van der Waals surface area contributed by atoms with Gasteiger partial charge in [-0.3, -0.25) is 4.79 Å². The molecular weight excluding hydrogens is 180 g/mol. The Kier molecular flexibility index (Phi) is 2.77. The molecule has 0 amide bonds. The number of carbonyl (C=O) groups is 1. The molecule has 1 saturated carbocycles. The van der Waals surface area contributed by atoms with E-state index in [1.54, 1.807) is 0 Å². The lowest BCUT2D eigenvalue weighted by molar-refractivity contribution is -0.139. The van der Waals surface area contributed by atoms with Gasteiger partial charge in [-0.15, -0.1) is 0 Å². The van der Waals surface area contributed by atoms with Crippen molar-refractivity contribution in [3.8, 4) is 0 Å². The van der Waals surface area contributed by atoms with Crippen LogP contribution in [0.15, 0.2) is 0 Å². The van der Waals surface area contributed by atoms with Crippen LogP contribution >= 0.6 is 0 Å². The Morgan fingerprint density at radius 1 is 1.50 bits per heavy atom. The summed E-state index contributed by atoms with van der Waals surface area (Å²) in [7, 11) is 0. The van der Waals surface area contributed by atoms with Crippen LogP contribution in [-0.2, 0) is 9.53 Å². The van der Waals surface area contributed by atoms with E-state index in [0.29, 0.717) is 30.5 Å². The van der Waals surface area contributed by atoms with Crippen molar-refractivity contribution in [3.05, 3.63) is 0 Å². The summed E-state index contributed by atoms with van der Waals surface area (Å²) in [5.74, 6) is 0.209. The molecule has 2 rings (SSSR count). The van der Waals surface area contributed by atoms with Gasteiger partial charge in [0.25, 0.3) is 0 Å². The molecule has 80 valence electrons. The minimum Gasteiger partial charge on any atom is -0.481 e. The maximum absolute atomic E-state index is 10.7. The molecule has 2 aliphatic rings. The molecule has 1 N–H and O–H groups in total. The molecule has 0 aromatic rings. The molecule has 14 heavy (non-hydrogen) atoms. The fourth-order valence-corrected chi connectivity index (χ4v) is 3.04. The van der Waals surface area contributed by atoms with Gasteiger partial charge in [0.05, 0.1) is 12.2 Å². The lowest BCUT2D eigenvalue weighted by Crippen LogP contribution is -2.30. The average molecular weight is 198 g/mol. The predicted molar refractivity (Wildman–Crippen MR) is 52.0 cm³/mol. The molecule has 2 fully saturated rings.